The molecule has 0 radical (unpaired) electrons. The largest absolute Gasteiger partial charge is 0.335 e. The molecule has 0 bridgehead atoms. The van der Waals surface area contributed by atoms with Crippen LogP contribution in [0.1, 0.15) is 35.2 Å². The van der Waals surface area contributed by atoms with E-state index in [0.717, 1.165) is 42.4 Å². The second-order valence-electron chi connectivity index (χ2n) is 6.75. The fourth-order valence-electron chi connectivity index (χ4n) is 3.70. The summed E-state index contributed by atoms with van der Waals surface area (Å²) in [5.41, 5.74) is 3.72. The van der Waals surface area contributed by atoms with E-state index in [1.807, 2.05) is 31.3 Å². The van der Waals surface area contributed by atoms with Gasteiger partial charge in [-0.05, 0) is 49.4 Å². The van der Waals surface area contributed by atoms with E-state index in [-0.39, 0.29) is 11.9 Å². The van der Waals surface area contributed by atoms with Gasteiger partial charge in [-0.2, -0.15) is 0 Å². The van der Waals surface area contributed by atoms with Gasteiger partial charge in [-0.1, -0.05) is 35.5 Å². The number of carbonyl (C=O) groups excluding carboxylic acids is 1. The second kappa shape index (κ2) is 6.67. The van der Waals surface area contributed by atoms with Crippen molar-refractivity contribution in [3.63, 3.8) is 0 Å². The van der Waals surface area contributed by atoms with E-state index >= 15 is 0 Å². The summed E-state index contributed by atoms with van der Waals surface area (Å²) in [5, 5.41) is 8.11. The summed E-state index contributed by atoms with van der Waals surface area (Å²) < 4.78 is 1.71. The smallest absolute Gasteiger partial charge is 0.254 e. The number of hydrogen-bond donors (Lipinski definition) is 0. The maximum Gasteiger partial charge on any atom is 0.254 e. The van der Waals surface area contributed by atoms with Crippen LogP contribution in [0.3, 0.4) is 0 Å². The summed E-state index contributed by atoms with van der Waals surface area (Å²) in [4.78, 5) is 15.2. The number of amides is 1. The molecule has 1 saturated heterocycles. The van der Waals surface area contributed by atoms with Gasteiger partial charge in [-0.3, -0.25) is 4.79 Å². The minimum atomic E-state index is 0.115. The Hall–Kier alpha value is -2.69. The first kappa shape index (κ1) is 15.8. The average Bonchev–Trinajstić information content (AvgIpc) is 3.03. The molecule has 4 rings (SSSR count). The normalized spacial score (nSPS) is 17.8. The summed E-state index contributed by atoms with van der Waals surface area (Å²) in [7, 11) is 1.85. The summed E-state index contributed by atoms with van der Waals surface area (Å²) in [6, 6.07) is 16.4. The molecule has 1 amide bonds. The van der Waals surface area contributed by atoms with Gasteiger partial charge in [0.2, 0.25) is 0 Å². The molecule has 128 valence electrons. The third kappa shape index (κ3) is 3.14. The van der Waals surface area contributed by atoms with Crippen molar-refractivity contribution in [1.82, 2.24) is 19.9 Å². The van der Waals surface area contributed by atoms with E-state index in [4.69, 9.17) is 0 Å². The van der Waals surface area contributed by atoms with Crippen LogP contribution in [-0.2, 0) is 13.5 Å². The van der Waals surface area contributed by atoms with Gasteiger partial charge in [0.25, 0.3) is 5.91 Å². The molecule has 0 N–H and O–H groups in total. The van der Waals surface area contributed by atoms with Gasteiger partial charge in [0.1, 0.15) is 5.52 Å². The summed E-state index contributed by atoms with van der Waals surface area (Å²) in [6.45, 7) is 0.831. The number of piperidine rings is 1. The Labute approximate surface area is 147 Å². The van der Waals surface area contributed by atoms with Crippen LogP contribution in [0.15, 0.2) is 48.5 Å². The molecule has 2 aromatic carbocycles. The minimum Gasteiger partial charge on any atom is -0.335 e. The average molecular weight is 334 g/mol. The highest BCUT2D eigenvalue weighted by molar-refractivity contribution is 5.97. The predicted molar refractivity (Wildman–Crippen MR) is 97.3 cm³/mol. The number of aryl methyl sites for hydroxylation is 1. The maximum atomic E-state index is 13.2. The molecule has 5 nitrogen and oxygen atoms in total. The molecule has 1 fully saturated rings. The maximum absolute atomic E-state index is 13.2. The minimum absolute atomic E-state index is 0.115. The highest BCUT2D eigenvalue weighted by Gasteiger charge is 2.27. The molecule has 0 spiro atoms. The Kier molecular flexibility index (Phi) is 4.22. The highest BCUT2D eigenvalue weighted by Crippen LogP contribution is 2.24. The van der Waals surface area contributed by atoms with Crippen molar-refractivity contribution in [3.05, 3.63) is 59.7 Å². The lowest BCUT2D eigenvalue weighted by Gasteiger charge is -2.36. The lowest BCUT2D eigenvalue weighted by molar-refractivity contribution is 0.0613. The van der Waals surface area contributed by atoms with Crippen molar-refractivity contribution < 1.29 is 4.79 Å². The third-order valence-corrected chi connectivity index (χ3v) is 5.06. The van der Waals surface area contributed by atoms with Gasteiger partial charge in [0, 0.05) is 25.2 Å². The summed E-state index contributed by atoms with van der Waals surface area (Å²) >= 11 is 0. The number of likely N-dealkylation sites (tertiary alicyclic amines) is 1. The number of rotatable bonds is 3. The van der Waals surface area contributed by atoms with Crippen molar-refractivity contribution in [1.29, 1.82) is 0 Å². The molecule has 0 saturated carbocycles. The zero-order valence-corrected chi connectivity index (χ0v) is 14.4. The molecule has 1 unspecified atom stereocenters. The molecule has 1 aliphatic rings. The van der Waals surface area contributed by atoms with Crippen LogP contribution in [-0.4, -0.2) is 38.4 Å². The zero-order valence-electron chi connectivity index (χ0n) is 14.4. The molecule has 5 heteroatoms. The lowest BCUT2D eigenvalue weighted by Crippen LogP contribution is -2.44. The van der Waals surface area contributed by atoms with Crippen LogP contribution < -0.4 is 0 Å². The van der Waals surface area contributed by atoms with Gasteiger partial charge in [-0.25, -0.2) is 4.68 Å². The van der Waals surface area contributed by atoms with E-state index in [9.17, 15) is 4.79 Å². The predicted octanol–water partition coefficient (Wildman–Crippen LogP) is 3.21. The van der Waals surface area contributed by atoms with Crippen LogP contribution in [0.4, 0.5) is 0 Å². The molecule has 25 heavy (non-hydrogen) atoms. The Balaban J connectivity index is 1.60. The van der Waals surface area contributed by atoms with Gasteiger partial charge in [0.05, 0.1) is 5.52 Å². The fraction of sp³-hybridized carbons (Fsp3) is 0.350. The van der Waals surface area contributed by atoms with Gasteiger partial charge in [-0.15, -0.1) is 5.10 Å². The first-order valence-electron chi connectivity index (χ1n) is 8.87. The number of aromatic nitrogens is 3. The Morgan fingerprint density at radius 1 is 1.16 bits per heavy atom. The van der Waals surface area contributed by atoms with Crippen LogP contribution in [0.5, 0.6) is 0 Å². The Bertz CT molecular complexity index is 887. The number of carbonyl (C=O) groups is 1. The first-order valence-corrected chi connectivity index (χ1v) is 8.87. The van der Waals surface area contributed by atoms with Crippen molar-refractivity contribution in [3.8, 4) is 0 Å². The van der Waals surface area contributed by atoms with Crippen molar-refractivity contribution >= 4 is 16.9 Å². The molecular weight excluding hydrogens is 312 g/mol. The second-order valence-corrected chi connectivity index (χ2v) is 6.75. The Morgan fingerprint density at radius 3 is 2.84 bits per heavy atom. The van der Waals surface area contributed by atoms with Gasteiger partial charge >= 0.3 is 0 Å². The summed E-state index contributed by atoms with van der Waals surface area (Å²) in [6.07, 6.45) is 4.25. The standard InChI is InChI=1S/C20H22N4O/c1-23-19-14-16(10-11-18(19)21-22-23)20(25)24-12-6-5-9-17(24)13-15-7-3-2-4-8-15/h2-4,7-8,10-11,14,17H,5-6,9,12-13H2,1H3. The topological polar surface area (TPSA) is 51.0 Å². The number of benzene rings is 2. The monoisotopic (exact) mass is 334 g/mol. The third-order valence-electron chi connectivity index (χ3n) is 5.06. The van der Waals surface area contributed by atoms with Crippen LogP contribution >= 0.6 is 0 Å². The molecular formula is C20H22N4O. The van der Waals surface area contributed by atoms with Gasteiger partial charge < -0.3 is 4.90 Å². The lowest BCUT2D eigenvalue weighted by atomic mass is 9.95. The van der Waals surface area contributed by atoms with Crippen molar-refractivity contribution in [2.75, 3.05) is 6.54 Å². The zero-order chi connectivity index (χ0) is 17.2. The van der Waals surface area contributed by atoms with E-state index in [0.29, 0.717) is 0 Å². The SMILES string of the molecule is Cn1nnc2ccc(C(=O)N3CCCCC3Cc3ccccc3)cc21. The number of hydrogen-bond acceptors (Lipinski definition) is 3. The van der Waals surface area contributed by atoms with Crippen LogP contribution in [0.2, 0.25) is 0 Å². The molecule has 1 aliphatic heterocycles. The number of nitrogens with zero attached hydrogens (tertiary/aromatic N) is 4. The first-order chi connectivity index (χ1) is 12.2. The van der Waals surface area contributed by atoms with E-state index < -0.39 is 0 Å². The molecule has 3 aromatic rings. The summed E-state index contributed by atoms with van der Waals surface area (Å²) in [5.74, 6) is 0.115. The van der Waals surface area contributed by atoms with Crippen molar-refractivity contribution in [2.45, 2.75) is 31.7 Å². The van der Waals surface area contributed by atoms with Crippen LogP contribution in [0, 0.1) is 0 Å². The number of fused-ring (bicyclic) bond motifs is 1. The van der Waals surface area contributed by atoms with Gasteiger partial charge in [0.15, 0.2) is 0 Å². The molecule has 1 atom stereocenters. The molecule has 2 heterocycles. The molecule has 1 aromatic heterocycles. The molecule has 0 aliphatic carbocycles. The van der Waals surface area contributed by atoms with E-state index in [1.54, 1.807) is 4.68 Å². The highest BCUT2D eigenvalue weighted by atomic mass is 16.2. The Morgan fingerprint density at radius 2 is 2.00 bits per heavy atom. The quantitative estimate of drug-likeness (QED) is 0.739. The fourth-order valence-corrected chi connectivity index (χ4v) is 3.70. The van der Waals surface area contributed by atoms with E-state index in [1.165, 1.54) is 12.0 Å². The van der Waals surface area contributed by atoms with Crippen molar-refractivity contribution in [2.24, 2.45) is 7.05 Å². The van der Waals surface area contributed by atoms with E-state index in [2.05, 4.69) is 39.5 Å². The van der Waals surface area contributed by atoms with Crippen LogP contribution in [0.25, 0.3) is 11.0 Å².